The molecule has 1 N–H and O–H groups in total. The van der Waals surface area contributed by atoms with Gasteiger partial charge < -0.3 is 14.6 Å². The summed E-state index contributed by atoms with van der Waals surface area (Å²) in [5.74, 6) is 1.33. The third-order valence-corrected chi connectivity index (χ3v) is 3.49. The maximum absolute atomic E-state index is 10.5. The van der Waals surface area contributed by atoms with Gasteiger partial charge in [-0.05, 0) is 32.0 Å². The number of aliphatic hydroxyl groups is 1. The maximum atomic E-state index is 10.5. The van der Waals surface area contributed by atoms with Gasteiger partial charge in [0.05, 0.1) is 26.0 Å². The topological polar surface area (TPSA) is 56.5 Å². The second-order valence-electron chi connectivity index (χ2n) is 4.92. The average Bonchev–Trinajstić information content (AvgIpc) is 2.86. The predicted molar refractivity (Wildman–Crippen MR) is 80.8 cm³/mol. The van der Waals surface area contributed by atoms with Crippen molar-refractivity contribution in [1.29, 1.82) is 0 Å². The van der Waals surface area contributed by atoms with E-state index >= 15 is 0 Å². The Morgan fingerprint density at radius 1 is 1.24 bits per heavy atom. The SMILES string of the molecule is CCn1nc(C)cc1CC(O)c1ccc(OC)cc1OC. The van der Waals surface area contributed by atoms with E-state index in [-0.39, 0.29) is 0 Å². The molecule has 0 bridgehead atoms. The first kappa shape index (κ1) is 15.4. The number of hydrogen-bond donors (Lipinski definition) is 1. The lowest BCUT2D eigenvalue weighted by molar-refractivity contribution is 0.171. The Kier molecular flexibility index (Phi) is 4.85. The van der Waals surface area contributed by atoms with Gasteiger partial charge in [0.1, 0.15) is 11.5 Å². The number of rotatable bonds is 6. The Balaban J connectivity index is 2.25. The maximum Gasteiger partial charge on any atom is 0.128 e. The van der Waals surface area contributed by atoms with E-state index in [1.165, 1.54) is 0 Å². The molecular weight excluding hydrogens is 268 g/mol. The summed E-state index contributed by atoms with van der Waals surface area (Å²) in [5, 5.41) is 14.9. The van der Waals surface area contributed by atoms with Crippen LogP contribution in [0.3, 0.4) is 0 Å². The van der Waals surface area contributed by atoms with E-state index in [0.717, 1.165) is 23.5 Å². The molecule has 0 saturated carbocycles. The minimum Gasteiger partial charge on any atom is -0.497 e. The Morgan fingerprint density at radius 3 is 2.62 bits per heavy atom. The molecule has 1 unspecified atom stereocenters. The van der Waals surface area contributed by atoms with E-state index in [2.05, 4.69) is 5.10 Å². The molecule has 0 amide bonds. The quantitative estimate of drug-likeness (QED) is 0.888. The highest BCUT2D eigenvalue weighted by Gasteiger charge is 2.17. The second kappa shape index (κ2) is 6.63. The molecule has 0 aliphatic carbocycles. The molecule has 2 aromatic rings. The van der Waals surface area contributed by atoms with Gasteiger partial charge in [0.15, 0.2) is 0 Å². The van der Waals surface area contributed by atoms with Crippen molar-refractivity contribution in [1.82, 2.24) is 9.78 Å². The number of ether oxygens (including phenoxy) is 2. The van der Waals surface area contributed by atoms with Crippen molar-refractivity contribution in [3.63, 3.8) is 0 Å². The summed E-state index contributed by atoms with van der Waals surface area (Å²) in [6.07, 6.45) is -0.149. The second-order valence-corrected chi connectivity index (χ2v) is 4.92. The molecule has 1 atom stereocenters. The van der Waals surface area contributed by atoms with Crippen molar-refractivity contribution >= 4 is 0 Å². The molecule has 1 aromatic heterocycles. The molecule has 0 radical (unpaired) electrons. The molecule has 1 aromatic carbocycles. The fraction of sp³-hybridized carbons (Fsp3) is 0.438. The van der Waals surface area contributed by atoms with Crippen molar-refractivity contribution in [2.45, 2.75) is 32.9 Å². The molecule has 0 spiro atoms. The average molecular weight is 290 g/mol. The molecule has 0 aliphatic rings. The van der Waals surface area contributed by atoms with Crippen LogP contribution in [0.15, 0.2) is 24.3 Å². The molecule has 114 valence electrons. The fourth-order valence-corrected chi connectivity index (χ4v) is 2.44. The zero-order valence-electron chi connectivity index (χ0n) is 13.0. The van der Waals surface area contributed by atoms with Crippen LogP contribution in [0.1, 0.15) is 30.0 Å². The highest BCUT2D eigenvalue weighted by molar-refractivity contribution is 5.42. The van der Waals surface area contributed by atoms with Crippen LogP contribution in [-0.2, 0) is 13.0 Å². The molecule has 2 rings (SSSR count). The number of aromatic nitrogens is 2. The number of aryl methyl sites for hydroxylation is 2. The standard InChI is InChI=1S/C16H22N2O3/c1-5-18-12(8-11(2)17-18)9-15(19)14-7-6-13(20-3)10-16(14)21-4/h6-8,10,15,19H,5,9H2,1-4H3. The van der Waals surface area contributed by atoms with Crippen molar-refractivity contribution in [2.24, 2.45) is 0 Å². The smallest absolute Gasteiger partial charge is 0.128 e. The number of benzene rings is 1. The summed E-state index contributed by atoms with van der Waals surface area (Å²) in [7, 11) is 3.19. The van der Waals surface area contributed by atoms with Crippen LogP contribution in [0.5, 0.6) is 11.5 Å². The molecule has 21 heavy (non-hydrogen) atoms. The molecule has 0 aliphatic heterocycles. The Labute approximate surface area is 125 Å². The zero-order chi connectivity index (χ0) is 15.4. The van der Waals surface area contributed by atoms with Gasteiger partial charge in [-0.1, -0.05) is 0 Å². The number of aliphatic hydroxyl groups excluding tert-OH is 1. The molecule has 0 fully saturated rings. The van der Waals surface area contributed by atoms with Gasteiger partial charge in [-0.15, -0.1) is 0 Å². The van der Waals surface area contributed by atoms with Crippen LogP contribution in [-0.4, -0.2) is 29.1 Å². The Hall–Kier alpha value is -2.01. The van der Waals surface area contributed by atoms with Crippen molar-refractivity contribution in [3.8, 4) is 11.5 Å². The summed E-state index contributed by atoms with van der Waals surface area (Å²) in [5.41, 5.74) is 2.72. The lowest BCUT2D eigenvalue weighted by Gasteiger charge is -2.16. The highest BCUT2D eigenvalue weighted by atomic mass is 16.5. The van der Waals surface area contributed by atoms with E-state index in [1.54, 1.807) is 20.3 Å². The lowest BCUT2D eigenvalue weighted by atomic mass is 10.0. The van der Waals surface area contributed by atoms with E-state index in [0.29, 0.717) is 17.9 Å². The van der Waals surface area contributed by atoms with E-state index in [4.69, 9.17) is 9.47 Å². The Bertz CT molecular complexity index is 608. The predicted octanol–water partition coefficient (Wildman–Crippen LogP) is 2.50. The minimum atomic E-state index is -0.646. The lowest BCUT2D eigenvalue weighted by Crippen LogP contribution is -2.09. The first-order valence-electron chi connectivity index (χ1n) is 7.02. The van der Waals surface area contributed by atoms with Gasteiger partial charge in [-0.2, -0.15) is 5.10 Å². The zero-order valence-corrected chi connectivity index (χ0v) is 13.0. The minimum absolute atomic E-state index is 0.497. The third kappa shape index (κ3) is 3.36. The monoisotopic (exact) mass is 290 g/mol. The van der Waals surface area contributed by atoms with Gasteiger partial charge in [-0.3, -0.25) is 4.68 Å². The first-order valence-corrected chi connectivity index (χ1v) is 7.02. The molecule has 0 saturated heterocycles. The van der Waals surface area contributed by atoms with E-state index < -0.39 is 6.10 Å². The first-order chi connectivity index (χ1) is 10.1. The van der Waals surface area contributed by atoms with Gasteiger partial charge in [-0.25, -0.2) is 0 Å². The van der Waals surface area contributed by atoms with Crippen molar-refractivity contribution < 1.29 is 14.6 Å². The Morgan fingerprint density at radius 2 is 2.00 bits per heavy atom. The molecule has 5 heteroatoms. The van der Waals surface area contributed by atoms with Crippen LogP contribution >= 0.6 is 0 Å². The van der Waals surface area contributed by atoms with Gasteiger partial charge in [0, 0.05) is 30.3 Å². The molecular formula is C16H22N2O3. The van der Waals surface area contributed by atoms with Crippen LogP contribution in [0.2, 0.25) is 0 Å². The number of methoxy groups -OCH3 is 2. The molecule has 5 nitrogen and oxygen atoms in total. The third-order valence-electron chi connectivity index (χ3n) is 3.49. The van der Waals surface area contributed by atoms with Gasteiger partial charge in [0.2, 0.25) is 0 Å². The van der Waals surface area contributed by atoms with Crippen molar-refractivity contribution in [2.75, 3.05) is 14.2 Å². The van der Waals surface area contributed by atoms with E-state index in [9.17, 15) is 5.11 Å². The summed E-state index contributed by atoms with van der Waals surface area (Å²) in [6.45, 7) is 4.78. The summed E-state index contributed by atoms with van der Waals surface area (Å²) >= 11 is 0. The normalized spacial score (nSPS) is 12.2. The summed E-state index contributed by atoms with van der Waals surface area (Å²) in [4.78, 5) is 0. The van der Waals surface area contributed by atoms with Gasteiger partial charge >= 0.3 is 0 Å². The summed E-state index contributed by atoms with van der Waals surface area (Å²) in [6, 6.07) is 7.44. The summed E-state index contributed by atoms with van der Waals surface area (Å²) < 4.78 is 12.4. The van der Waals surface area contributed by atoms with Crippen LogP contribution < -0.4 is 9.47 Å². The van der Waals surface area contributed by atoms with E-state index in [1.807, 2.05) is 36.7 Å². The number of nitrogens with zero attached hydrogens (tertiary/aromatic N) is 2. The van der Waals surface area contributed by atoms with Crippen LogP contribution in [0, 0.1) is 6.92 Å². The van der Waals surface area contributed by atoms with Gasteiger partial charge in [0.25, 0.3) is 0 Å². The highest BCUT2D eigenvalue weighted by Crippen LogP contribution is 2.31. The van der Waals surface area contributed by atoms with Crippen molar-refractivity contribution in [3.05, 3.63) is 41.2 Å². The number of hydrogen-bond acceptors (Lipinski definition) is 4. The fourth-order valence-electron chi connectivity index (χ4n) is 2.44. The molecule has 1 heterocycles. The largest absolute Gasteiger partial charge is 0.497 e. The van der Waals surface area contributed by atoms with Crippen LogP contribution in [0.4, 0.5) is 0 Å². The van der Waals surface area contributed by atoms with Crippen LogP contribution in [0.25, 0.3) is 0 Å².